The fraction of sp³-hybridized carbons (Fsp3) is 0.214. The maximum Gasteiger partial charge on any atom is 0.334 e. The highest BCUT2D eigenvalue weighted by molar-refractivity contribution is 5.83. The van der Waals surface area contributed by atoms with Crippen LogP contribution in [0.15, 0.2) is 48.2 Å². The van der Waals surface area contributed by atoms with Gasteiger partial charge in [0.1, 0.15) is 11.9 Å². The summed E-state index contributed by atoms with van der Waals surface area (Å²) in [6.07, 6.45) is 5.54. The van der Waals surface area contributed by atoms with Crippen molar-refractivity contribution in [2.24, 2.45) is 0 Å². The van der Waals surface area contributed by atoms with E-state index in [1.165, 1.54) is 6.08 Å². The van der Waals surface area contributed by atoms with Gasteiger partial charge in [0.25, 0.3) is 0 Å². The number of benzene rings is 1. The van der Waals surface area contributed by atoms with Gasteiger partial charge in [-0.1, -0.05) is 36.4 Å². The molecule has 1 heterocycles. The van der Waals surface area contributed by atoms with Crippen LogP contribution >= 0.6 is 0 Å². The lowest BCUT2D eigenvalue weighted by Crippen LogP contribution is -2.21. The largest absolute Gasteiger partial charge is 0.501 e. The van der Waals surface area contributed by atoms with Crippen LogP contribution in [0.2, 0.25) is 0 Å². The summed E-state index contributed by atoms with van der Waals surface area (Å²) in [5, 5.41) is 0. The lowest BCUT2D eigenvalue weighted by Gasteiger charge is -2.19. The van der Waals surface area contributed by atoms with Crippen LogP contribution in [0, 0.1) is 0 Å². The summed E-state index contributed by atoms with van der Waals surface area (Å²) in [5.41, 5.74) is 1.08. The van der Waals surface area contributed by atoms with Crippen molar-refractivity contribution in [3.8, 4) is 0 Å². The Morgan fingerprint density at radius 1 is 1.35 bits per heavy atom. The average molecular weight is 230 g/mol. The Kier molecular flexibility index (Phi) is 3.60. The predicted octanol–water partition coefficient (Wildman–Crippen LogP) is 2.55. The maximum absolute atomic E-state index is 11.2. The van der Waals surface area contributed by atoms with Gasteiger partial charge < -0.3 is 9.47 Å². The number of hydrogen-bond donors (Lipinski definition) is 0. The molecule has 3 heteroatoms. The van der Waals surface area contributed by atoms with Crippen molar-refractivity contribution < 1.29 is 14.3 Å². The van der Waals surface area contributed by atoms with Gasteiger partial charge in [0.15, 0.2) is 0 Å². The van der Waals surface area contributed by atoms with Gasteiger partial charge in [0.2, 0.25) is 0 Å². The van der Waals surface area contributed by atoms with E-state index in [0.717, 1.165) is 5.56 Å². The van der Waals surface area contributed by atoms with E-state index in [9.17, 15) is 4.79 Å². The van der Waals surface area contributed by atoms with Gasteiger partial charge in [-0.05, 0) is 11.6 Å². The van der Waals surface area contributed by atoms with Gasteiger partial charge >= 0.3 is 5.97 Å². The molecule has 1 atom stereocenters. The lowest BCUT2D eigenvalue weighted by atomic mass is 10.1. The number of ether oxygens (including phenoxy) is 2. The first-order valence-electron chi connectivity index (χ1n) is 5.46. The molecule has 1 aliphatic heterocycles. The van der Waals surface area contributed by atoms with E-state index in [1.54, 1.807) is 7.11 Å². The van der Waals surface area contributed by atoms with Crippen LogP contribution < -0.4 is 0 Å². The minimum atomic E-state index is -0.351. The molecule has 88 valence electrons. The minimum Gasteiger partial charge on any atom is -0.501 e. The molecule has 3 nitrogen and oxygen atoms in total. The van der Waals surface area contributed by atoms with E-state index in [4.69, 9.17) is 9.47 Å². The molecule has 0 saturated carbocycles. The number of methoxy groups -OCH3 is 1. The normalized spacial score (nSPS) is 19.9. The van der Waals surface area contributed by atoms with Gasteiger partial charge in [-0.15, -0.1) is 0 Å². The average Bonchev–Trinajstić information content (AvgIpc) is 2.37. The number of esters is 1. The zero-order valence-corrected chi connectivity index (χ0v) is 9.63. The van der Waals surface area contributed by atoms with Crippen molar-refractivity contribution in [3.63, 3.8) is 0 Å². The Hall–Kier alpha value is -2.03. The second-order valence-corrected chi connectivity index (χ2v) is 3.76. The molecule has 1 aliphatic rings. The zero-order valence-electron chi connectivity index (χ0n) is 9.63. The highest BCUT2D eigenvalue weighted by Gasteiger charge is 2.19. The van der Waals surface area contributed by atoms with Crippen LogP contribution in [0.25, 0.3) is 6.08 Å². The highest BCUT2D eigenvalue weighted by Crippen LogP contribution is 2.17. The van der Waals surface area contributed by atoms with Crippen molar-refractivity contribution >= 4 is 12.0 Å². The second kappa shape index (κ2) is 5.34. The Bertz CT molecular complexity index is 446. The SMILES string of the molecule is COC1=CC(=O)O[C@H](/C=C\c2ccccc2)C1. The summed E-state index contributed by atoms with van der Waals surface area (Å²) in [7, 11) is 1.56. The Balaban J connectivity index is 2.03. The van der Waals surface area contributed by atoms with E-state index in [0.29, 0.717) is 12.2 Å². The summed E-state index contributed by atoms with van der Waals surface area (Å²) in [6, 6.07) is 9.88. The zero-order chi connectivity index (χ0) is 12.1. The third-order valence-electron chi connectivity index (χ3n) is 2.51. The van der Waals surface area contributed by atoms with Crippen LogP contribution in [-0.4, -0.2) is 19.2 Å². The molecule has 1 aromatic carbocycles. The fourth-order valence-corrected chi connectivity index (χ4v) is 1.65. The van der Waals surface area contributed by atoms with E-state index in [2.05, 4.69) is 0 Å². The summed E-state index contributed by atoms with van der Waals surface area (Å²) >= 11 is 0. The van der Waals surface area contributed by atoms with Crippen LogP contribution in [0.1, 0.15) is 12.0 Å². The molecule has 0 amide bonds. The number of carbonyl (C=O) groups excluding carboxylic acids is 1. The van der Waals surface area contributed by atoms with Crippen molar-refractivity contribution in [1.82, 2.24) is 0 Å². The van der Waals surface area contributed by atoms with E-state index >= 15 is 0 Å². The third-order valence-corrected chi connectivity index (χ3v) is 2.51. The van der Waals surface area contributed by atoms with Gasteiger partial charge in [0.05, 0.1) is 13.2 Å². The topological polar surface area (TPSA) is 35.5 Å². The number of carbonyl (C=O) groups is 1. The Labute approximate surface area is 100 Å². The molecule has 17 heavy (non-hydrogen) atoms. The first-order valence-corrected chi connectivity index (χ1v) is 5.46. The Morgan fingerprint density at radius 2 is 2.12 bits per heavy atom. The van der Waals surface area contributed by atoms with Crippen molar-refractivity contribution in [3.05, 3.63) is 53.8 Å². The molecule has 0 radical (unpaired) electrons. The first-order chi connectivity index (χ1) is 8.28. The second-order valence-electron chi connectivity index (χ2n) is 3.76. The summed E-state index contributed by atoms with van der Waals surface area (Å²) < 4.78 is 10.2. The Morgan fingerprint density at radius 3 is 2.82 bits per heavy atom. The molecular weight excluding hydrogens is 216 g/mol. The number of cyclic esters (lactones) is 1. The molecule has 2 rings (SSSR count). The van der Waals surface area contributed by atoms with Gasteiger partial charge in [-0.25, -0.2) is 4.79 Å². The quantitative estimate of drug-likeness (QED) is 0.748. The van der Waals surface area contributed by atoms with Crippen molar-refractivity contribution in [2.45, 2.75) is 12.5 Å². The van der Waals surface area contributed by atoms with Gasteiger partial charge in [-0.2, -0.15) is 0 Å². The van der Waals surface area contributed by atoms with Gasteiger partial charge in [-0.3, -0.25) is 0 Å². The van der Waals surface area contributed by atoms with E-state index in [-0.39, 0.29) is 12.1 Å². The summed E-state index contributed by atoms with van der Waals surface area (Å²) in [6.45, 7) is 0. The van der Waals surface area contributed by atoms with Crippen molar-refractivity contribution in [1.29, 1.82) is 0 Å². The number of hydrogen-bond acceptors (Lipinski definition) is 3. The smallest absolute Gasteiger partial charge is 0.334 e. The molecule has 1 aromatic rings. The number of rotatable bonds is 3. The molecule has 0 bridgehead atoms. The molecule has 0 aliphatic carbocycles. The van der Waals surface area contributed by atoms with Crippen LogP contribution in [-0.2, 0) is 14.3 Å². The minimum absolute atomic E-state index is 0.248. The van der Waals surface area contributed by atoms with Crippen LogP contribution in [0.3, 0.4) is 0 Å². The van der Waals surface area contributed by atoms with Crippen molar-refractivity contribution in [2.75, 3.05) is 7.11 Å². The summed E-state index contributed by atoms with van der Waals surface area (Å²) in [4.78, 5) is 11.2. The summed E-state index contributed by atoms with van der Waals surface area (Å²) in [5.74, 6) is 0.305. The van der Waals surface area contributed by atoms with Crippen LogP contribution in [0.5, 0.6) is 0 Å². The predicted molar refractivity (Wildman–Crippen MR) is 65.1 cm³/mol. The van der Waals surface area contributed by atoms with Gasteiger partial charge in [0, 0.05) is 6.42 Å². The van der Waals surface area contributed by atoms with Crippen LogP contribution in [0.4, 0.5) is 0 Å². The molecular formula is C14H14O3. The first kappa shape index (κ1) is 11.5. The molecule has 0 saturated heterocycles. The molecule has 0 unspecified atom stereocenters. The van der Waals surface area contributed by atoms with E-state index in [1.807, 2.05) is 42.5 Å². The monoisotopic (exact) mass is 230 g/mol. The maximum atomic E-state index is 11.2. The molecule has 0 N–H and O–H groups in total. The molecule has 0 spiro atoms. The van der Waals surface area contributed by atoms with E-state index < -0.39 is 0 Å². The highest BCUT2D eigenvalue weighted by atomic mass is 16.5. The standard InChI is InChI=1S/C14H14O3/c1-16-13-9-12(17-14(15)10-13)8-7-11-5-3-2-4-6-11/h2-8,10,12H,9H2,1H3/b8-7-/t12-/m1/s1. The molecule has 0 aromatic heterocycles. The fourth-order valence-electron chi connectivity index (χ4n) is 1.65. The third kappa shape index (κ3) is 3.21. The lowest BCUT2D eigenvalue weighted by molar-refractivity contribution is -0.142. The molecule has 0 fully saturated rings.